The molecule has 0 aromatic heterocycles. The van der Waals surface area contributed by atoms with E-state index in [1.165, 1.54) is 7.11 Å². The highest BCUT2D eigenvalue weighted by molar-refractivity contribution is 5.79. The molecule has 0 bridgehead atoms. The van der Waals surface area contributed by atoms with Crippen molar-refractivity contribution in [3.8, 4) is 0 Å². The molecule has 1 aliphatic heterocycles. The molecule has 64 valence electrons. The van der Waals surface area contributed by atoms with Crippen LogP contribution < -0.4 is 5.73 Å². The maximum absolute atomic E-state index is 10.7. The lowest BCUT2D eigenvalue weighted by Crippen LogP contribution is -2.39. The normalized spacial score (nSPS) is 26.8. The van der Waals surface area contributed by atoms with Crippen LogP contribution in [0.25, 0.3) is 0 Å². The van der Waals surface area contributed by atoms with Crippen LogP contribution in [0.5, 0.6) is 0 Å². The van der Waals surface area contributed by atoms with E-state index < -0.39 is 12.0 Å². The fraction of sp³-hybridized carbons (Fsp3) is 0.857. The molecule has 1 saturated heterocycles. The second-order valence-corrected chi connectivity index (χ2v) is 2.61. The maximum atomic E-state index is 10.7. The van der Waals surface area contributed by atoms with Gasteiger partial charge in [-0.25, -0.2) is 0 Å². The van der Waals surface area contributed by atoms with E-state index in [1.807, 2.05) is 0 Å². The van der Waals surface area contributed by atoms with Crippen LogP contribution >= 0.6 is 0 Å². The first kappa shape index (κ1) is 8.49. The number of carbonyl (C=O) groups is 1. The number of primary amides is 1. The van der Waals surface area contributed by atoms with Gasteiger partial charge in [-0.2, -0.15) is 0 Å². The van der Waals surface area contributed by atoms with E-state index in [9.17, 15) is 4.79 Å². The topological polar surface area (TPSA) is 61.5 Å². The van der Waals surface area contributed by atoms with E-state index >= 15 is 0 Å². The fourth-order valence-corrected chi connectivity index (χ4v) is 1.29. The fourth-order valence-electron chi connectivity index (χ4n) is 1.29. The maximum Gasteiger partial charge on any atom is 0.249 e. The summed E-state index contributed by atoms with van der Waals surface area (Å²) >= 11 is 0. The number of rotatable bonds is 3. The minimum Gasteiger partial charge on any atom is -0.375 e. The first-order valence-electron chi connectivity index (χ1n) is 3.69. The van der Waals surface area contributed by atoms with E-state index in [0.717, 1.165) is 12.8 Å². The van der Waals surface area contributed by atoms with Gasteiger partial charge >= 0.3 is 0 Å². The van der Waals surface area contributed by atoms with Gasteiger partial charge in [0.25, 0.3) is 0 Å². The van der Waals surface area contributed by atoms with E-state index in [4.69, 9.17) is 15.2 Å². The van der Waals surface area contributed by atoms with Crippen molar-refractivity contribution < 1.29 is 14.3 Å². The van der Waals surface area contributed by atoms with Crippen LogP contribution in [0, 0.1) is 0 Å². The third kappa shape index (κ3) is 1.91. The number of hydrogen-bond donors (Lipinski definition) is 1. The molecule has 11 heavy (non-hydrogen) atoms. The van der Waals surface area contributed by atoms with Crippen molar-refractivity contribution in [1.82, 2.24) is 0 Å². The average molecular weight is 159 g/mol. The predicted molar refractivity (Wildman–Crippen MR) is 39.0 cm³/mol. The third-order valence-electron chi connectivity index (χ3n) is 1.84. The van der Waals surface area contributed by atoms with Crippen LogP contribution in [0.15, 0.2) is 0 Å². The Morgan fingerprint density at radius 3 is 2.91 bits per heavy atom. The summed E-state index contributed by atoms with van der Waals surface area (Å²) < 4.78 is 10.1. The molecule has 2 unspecified atom stereocenters. The molecule has 2 atom stereocenters. The van der Waals surface area contributed by atoms with Crippen molar-refractivity contribution in [3.63, 3.8) is 0 Å². The van der Waals surface area contributed by atoms with Crippen LogP contribution in [0.1, 0.15) is 12.8 Å². The zero-order valence-electron chi connectivity index (χ0n) is 6.58. The van der Waals surface area contributed by atoms with Crippen molar-refractivity contribution in [2.75, 3.05) is 13.7 Å². The largest absolute Gasteiger partial charge is 0.375 e. The van der Waals surface area contributed by atoms with Crippen molar-refractivity contribution in [2.24, 2.45) is 5.73 Å². The van der Waals surface area contributed by atoms with Crippen LogP contribution in [0.2, 0.25) is 0 Å². The minimum atomic E-state index is -0.572. The summed E-state index contributed by atoms with van der Waals surface area (Å²) in [6.07, 6.45) is 1.15. The molecule has 0 saturated carbocycles. The summed E-state index contributed by atoms with van der Waals surface area (Å²) in [5.74, 6) is -0.445. The molecule has 1 amide bonds. The second-order valence-electron chi connectivity index (χ2n) is 2.61. The van der Waals surface area contributed by atoms with Crippen molar-refractivity contribution in [1.29, 1.82) is 0 Å². The number of amides is 1. The molecule has 0 aromatic carbocycles. The molecule has 1 heterocycles. The zero-order chi connectivity index (χ0) is 8.27. The Hall–Kier alpha value is -0.610. The zero-order valence-corrected chi connectivity index (χ0v) is 6.58. The second kappa shape index (κ2) is 3.69. The highest BCUT2D eigenvalue weighted by atomic mass is 16.5. The number of carbonyl (C=O) groups excluding carboxylic acids is 1. The predicted octanol–water partition coefficient (Wildman–Crippen LogP) is -0.334. The first-order chi connectivity index (χ1) is 5.25. The molecule has 1 aliphatic rings. The van der Waals surface area contributed by atoms with Crippen LogP contribution in [-0.2, 0) is 14.3 Å². The van der Waals surface area contributed by atoms with E-state index in [0.29, 0.717) is 6.61 Å². The standard InChI is InChI=1S/C7H13NO3/c1-10-6(7(8)9)5-3-2-4-11-5/h5-6H,2-4H2,1H3,(H2,8,9). The number of nitrogens with two attached hydrogens (primary N) is 1. The summed E-state index contributed by atoms with van der Waals surface area (Å²) in [6, 6.07) is 0. The van der Waals surface area contributed by atoms with Crippen molar-refractivity contribution >= 4 is 5.91 Å². The monoisotopic (exact) mass is 159 g/mol. The Morgan fingerprint density at radius 1 is 1.82 bits per heavy atom. The van der Waals surface area contributed by atoms with Crippen molar-refractivity contribution in [2.45, 2.75) is 25.0 Å². The highest BCUT2D eigenvalue weighted by Gasteiger charge is 2.29. The van der Waals surface area contributed by atoms with Crippen LogP contribution in [-0.4, -0.2) is 31.8 Å². The van der Waals surface area contributed by atoms with Crippen molar-refractivity contribution in [3.05, 3.63) is 0 Å². The quantitative estimate of drug-likeness (QED) is 0.613. The van der Waals surface area contributed by atoms with Gasteiger partial charge in [0.1, 0.15) is 0 Å². The molecule has 4 nitrogen and oxygen atoms in total. The minimum absolute atomic E-state index is 0.127. The van der Waals surface area contributed by atoms with E-state index in [1.54, 1.807) is 0 Å². The Morgan fingerprint density at radius 2 is 2.55 bits per heavy atom. The lowest BCUT2D eigenvalue weighted by Gasteiger charge is -2.17. The van der Waals surface area contributed by atoms with Gasteiger partial charge in [-0.3, -0.25) is 4.79 Å². The molecule has 0 aliphatic carbocycles. The van der Waals surface area contributed by atoms with E-state index in [2.05, 4.69) is 0 Å². The lowest BCUT2D eigenvalue weighted by atomic mass is 10.1. The van der Waals surface area contributed by atoms with E-state index in [-0.39, 0.29) is 6.10 Å². The molecule has 0 radical (unpaired) electrons. The molecular formula is C7H13NO3. The summed E-state index contributed by atoms with van der Waals surface area (Å²) in [6.45, 7) is 0.706. The van der Waals surface area contributed by atoms with Crippen LogP contribution in [0.4, 0.5) is 0 Å². The Labute approximate surface area is 65.7 Å². The third-order valence-corrected chi connectivity index (χ3v) is 1.84. The number of ether oxygens (including phenoxy) is 2. The van der Waals surface area contributed by atoms with Gasteiger partial charge in [-0.1, -0.05) is 0 Å². The van der Waals surface area contributed by atoms with Crippen LogP contribution in [0.3, 0.4) is 0 Å². The van der Waals surface area contributed by atoms with Gasteiger partial charge < -0.3 is 15.2 Å². The number of hydrogen-bond acceptors (Lipinski definition) is 3. The Bertz CT molecular complexity index is 143. The smallest absolute Gasteiger partial charge is 0.249 e. The number of methoxy groups -OCH3 is 1. The molecule has 1 fully saturated rings. The van der Waals surface area contributed by atoms with Gasteiger partial charge in [0.05, 0.1) is 6.10 Å². The Kier molecular flexibility index (Phi) is 2.84. The SMILES string of the molecule is COC(C(N)=O)C1CCCO1. The summed E-state index contributed by atoms with van der Waals surface area (Å²) in [7, 11) is 1.47. The molecule has 0 aromatic rings. The summed E-state index contributed by atoms with van der Waals surface area (Å²) in [5, 5.41) is 0. The van der Waals surface area contributed by atoms with Gasteiger partial charge in [0.15, 0.2) is 6.10 Å². The molecule has 2 N–H and O–H groups in total. The molecular weight excluding hydrogens is 146 g/mol. The highest BCUT2D eigenvalue weighted by Crippen LogP contribution is 2.16. The molecule has 0 spiro atoms. The van der Waals surface area contributed by atoms with Gasteiger partial charge in [-0.15, -0.1) is 0 Å². The van der Waals surface area contributed by atoms with Gasteiger partial charge in [0, 0.05) is 13.7 Å². The Balaban J connectivity index is 2.46. The average Bonchev–Trinajstić information content (AvgIpc) is 2.40. The van der Waals surface area contributed by atoms with Gasteiger partial charge in [0.2, 0.25) is 5.91 Å². The summed E-state index contributed by atoms with van der Waals surface area (Å²) in [4.78, 5) is 10.7. The summed E-state index contributed by atoms with van der Waals surface area (Å²) in [5.41, 5.74) is 5.08. The molecule has 1 rings (SSSR count). The van der Waals surface area contributed by atoms with Gasteiger partial charge in [-0.05, 0) is 12.8 Å². The molecule has 4 heteroatoms. The first-order valence-corrected chi connectivity index (χ1v) is 3.69. The lowest BCUT2D eigenvalue weighted by molar-refractivity contribution is -0.135.